The summed E-state index contributed by atoms with van der Waals surface area (Å²) in [4.78, 5) is 12.3. The molecule has 0 unspecified atom stereocenters. The molecule has 2 aromatic heterocycles. The normalized spacial score (nSPS) is 17.4. The highest BCUT2D eigenvalue weighted by atomic mass is 32.2. The molecule has 0 atom stereocenters. The Morgan fingerprint density at radius 2 is 1.71 bits per heavy atom. The number of aromatic nitrogens is 3. The lowest BCUT2D eigenvalue weighted by atomic mass is 9.95. The predicted molar refractivity (Wildman–Crippen MR) is 149 cm³/mol. The van der Waals surface area contributed by atoms with Gasteiger partial charge < -0.3 is 19.9 Å². The van der Waals surface area contributed by atoms with E-state index in [0.29, 0.717) is 39.5 Å². The first-order chi connectivity index (χ1) is 19.6. The van der Waals surface area contributed by atoms with Crippen LogP contribution in [0.5, 0.6) is 11.6 Å². The Morgan fingerprint density at radius 3 is 2.39 bits per heavy atom. The summed E-state index contributed by atoms with van der Waals surface area (Å²) >= 11 is 0. The Kier molecular flexibility index (Phi) is 7.91. The van der Waals surface area contributed by atoms with Crippen LogP contribution in [-0.2, 0) is 14.8 Å². The van der Waals surface area contributed by atoms with Crippen molar-refractivity contribution >= 4 is 32.6 Å². The first-order valence-corrected chi connectivity index (χ1v) is 14.4. The molecule has 1 aliphatic rings. The second-order valence-corrected chi connectivity index (χ2v) is 11.4. The molecular weight excluding hydrogens is 556 g/mol. The van der Waals surface area contributed by atoms with Crippen molar-refractivity contribution in [1.82, 2.24) is 15.0 Å². The second kappa shape index (κ2) is 11.4. The summed E-state index contributed by atoms with van der Waals surface area (Å²) in [5.74, 6) is -1.55. The summed E-state index contributed by atoms with van der Waals surface area (Å²) in [5, 5.41) is 0.698. The molecule has 1 saturated carbocycles. The number of anilines is 2. The quantitative estimate of drug-likeness (QED) is 0.292. The highest BCUT2D eigenvalue weighted by Crippen LogP contribution is 2.37. The van der Waals surface area contributed by atoms with Gasteiger partial charge in [-0.05, 0) is 68.5 Å². The molecule has 2 heterocycles. The molecule has 2 aromatic carbocycles. The van der Waals surface area contributed by atoms with Crippen LogP contribution in [-0.4, -0.2) is 49.8 Å². The largest absolute Gasteiger partial charge is 0.488 e. The lowest BCUT2D eigenvalue weighted by Gasteiger charge is -2.28. The summed E-state index contributed by atoms with van der Waals surface area (Å²) in [7, 11) is -1.42. The van der Waals surface area contributed by atoms with E-state index in [1.807, 2.05) is 6.07 Å². The molecule has 5 rings (SSSR count). The van der Waals surface area contributed by atoms with E-state index in [-0.39, 0.29) is 29.7 Å². The van der Waals surface area contributed by atoms with Crippen molar-refractivity contribution in [2.75, 3.05) is 24.7 Å². The molecule has 13 heteroatoms. The van der Waals surface area contributed by atoms with Gasteiger partial charge in [0.15, 0.2) is 0 Å². The number of nitrogen functional groups attached to an aromatic ring is 1. The molecule has 10 nitrogen and oxygen atoms in total. The summed E-state index contributed by atoms with van der Waals surface area (Å²) in [6, 6.07) is 7.33. The maximum atomic E-state index is 14.3. The second-order valence-electron chi connectivity index (χ2n) is 9.75. The van der Waals surface area contributed by atoms with Crippen LogP contribution in [0.15, 0.2) is 47.5 Å². The van der Waals surface area contributed by atoms with Crippen molar-refractivity contribution in [2.24, 2.45) is 0 Å². The van der Waals surface area contributed by atoms with Gasteiger partial charge in [0.05, 0.1) is 25.0 Å². The predicted octanol–water partition coefficient (Wildman–Crippen LogP) is 5.01. The monoisotopic (exact) mass is 585 g/mol. The zero-order valence-corrected chi connectivity index (χ0v) is 23.5. The summed E-state index contributed by atoms with van der Waals surface area (Å²) < 4.78 is 73.2. The lowest BCUT2D eigenvalue weighted by Crippen LogP contribution is -2.27. The van der Waals surface area contributed by atoms with E-state index in [1.165, 1.54) is 19.4 Å². The molecule has 1 fully saturated rings. The molecule has 0 radical (unpaired) electrons. The Labute approximate surface area is 235 Å². The Bertz CT molecular complexity index is 1710. The average molecular weight is 586 g/mol. The van der Waals surface area contributed by atoms with Crippen LogP contribution in [0.25, 0.3) is 22.0 Å². The van der Waals surface area contributed by atoms with Crippen LogP contribution in [0.4, 0.5) is 20.4 Å². The number of rotatable bonds is 8. The van der Waals surface area contributed by atoms with Gasteiger partial charge in [-0.2, -0.15) is 0 Å². The number of benzene rings is 2. The van der Waals surface area contributed by atoms with Crippen molar-refractivity contribution in [3.8, 4) is 22.8 Å². The molecule has 3 N–H and O–H groups in total. The Morgan fingerprint density at radius 1 is 0.976 bits per heavy atom. The SMILES string of the molecule is COc1ncc(-c2cc(O[C@H]3CC[C@H](OC)CC3)c3nc(N)nc(C)c3c2)cc1NS(=O)(=O)c1ccc(F)cc1F. The summed E-state index contributed by atoms with van der Waals surface area (Å²) in [6.45, 7) is 1.81. The molecule has 0 bridgehead atoms. The first kappa shape index (κ1) is 28.4. The number of halogens is 2. The number of nitrogens with two attached hydrogens (primary N) is 1. The Balaban J connectivity index is 1.56. The number of sulfonamides is 1. The van der Waals surface area contributed by atoms with E-state index in [9.17, 15) is 17.2 Å². The third-order valence-corrected chi connectivity index (χ3v) is 8.43. The highest BCUT2D eigenvalue weighted by molar-refractivity contribution is 7.92. The van der Waals surface area contributed by atoms with Gasteiger partial charge in [0.2, 0.25) is 11.8 Å². The molecule has 4 aromatic rings. The average Bonchev–Trinajstić information content (AvgIpc) is 2.93. The Hall–Kier alpha value is -4.10. The number of aryl methyl sites for hydroxylation is 1. The highest BCUT2D eigenvalue weighted by Gasteiger charge is 2.25. The van der Waals surface area contributed by atoms with E-state index >= 15 is 0 Å². The minimum atomic E-state index is -4.45. The molecule has 41 heavy (non-hydrogen) atoms. The molecule has 0 aliphatic heterocycles. The third kappa shape index (κ3) is 6.00. The number of nitrogens with one attached hydrogen (secondary N) is 1. The minimum absolute atomic E-state index is 0.0422. The van der Waals surface area contributed by atoms with Crippen molar-refractivity contribution in [2.45, 2.75) is 49.7 Å². The van der Waals surface area contributed by atoms with Gasteiger partial charge in [0, 0.05) is 30.3 Å². The van der Waals surface area contributed by atoms with E-state index < -0.39 is 26.6 Å². The van der Waals surface area contributed by atoms with Crippen LogP contribution in [0.3, 0.4) is 0 Å². The topological polar surface area (TPSA) is 139 Å². The summed E-state index contributed by atoms with van der Waals surface area (Å²) in [6.07, 6.45) is 5.01. The van der Waals surface area contributed by atoms with Crippen LogP contribution >= 0.6 is 0 Å². The number of fused-ring (bicyclic) bond motifs is 1. The number of ether oxygens (including phenoxy) is 3. The third-order valence-electron chi connectivity index (χ3n) is 7.03. The van der Waals surface area contributed by atoms with Crippen LogP contribution in [0.2, 0.25) is 0 Å². The van der Waals surface area contributed by atoms with Gasteiger partial charge >= 0.3 is 0 Å². The van der Waals surface area contributed by atoms with Gasteiger partial charge in [-0.3, -0.25) is 4.72 Å². The van der Waals surface area contributed by atoms with E-state index in [0.717, 1.165) is 37.8 Å². The molecular formula is C28H29F2N5O5S. The number of nitrogens with zero attached hydrogens (tertiary/aromatic N) is 3. The van der Waals surface area contributed by atoms with E-state index in [4.69, 9.17) is 19.9 Å². The number of hydrogen-bond donors (Lipinski definition) is 2. The standard InChI is InChI=1S/C28H29F2N5O5S/c1-15-21-10-16(12-24(26(21)34-28(31)33-15)40-20-7-5-19(38-2)6-8-20)17-11-23(27(39-3)32-14-17)35-41(36,37)25-9-4-18(29)13-22(25)30/h4,9-14,19-20,35H,5-8H2,1-3H3,(H2,31,33,34)/t19-,20-. The maximum absolute atomic E-state index is 14.3. The molecule has 216 valence electrons. The number of hydrogen-bond acceptors (Lipinski definition) is 9. The van der Waals surface area contributed by atoms with E-state index in [2.05, 4.69) is 19.7 Å². The summed E-state index contributed by atoms with van der Waals surface area (Å²) in [5.41, 5.74) is 8.26. The fourth-order valence-electron chi connectivity index (χ4n) is 4.93. The molecule has 0 spiro atoms. The van der Waals surface area contributed by atoms with Gasteiger partial charge in [-0.1, -0.05) is 0 Å². The van der Waals surface area contributed by atoms with Crippen LogP contribution < -0.4 is 19.9 Å². The van der Waals surface area contributed by atoms with Crippen LogP contribution in [0, 0.1) is 18.6 Å². The molecule has 1 aliphatic carbocycles. The smallest absolute Gasteiger partial charge is 0.264 e. The van der Waals surface area contributed by atoms with Crippen molar-refractivity contribution in [3.05, 3.63) is 59.9 Å². The van der Waals surface area contributed by atoms with Crippen LogP contribution in [0.1, 0.15) is 31.4 Å². The molecule has 0 saturated heterocycles. The molecule has 0 amide bonds. The van der Waals surface area contributed by atoms with Crippen molar-refractivity contribution in [1.29, 1.82) is 0 Å². The zero-order chi connectivity index (χ0) is 29.3. The van der Waals surface area contributed by atoms with Gasteiger partial charge in [0.25, 0.3) is 10.0 Å². The minimum Gasteiger partial charge on any atom is -0.488 e. The first-order valence-electron chi connectivity index (χ1n) is 12.9. The number of pyridine rings is 1. The lowest BCUT2D eigenvalue weighted by molar-refractivity contribution is 0.0331. The van der Waals surface area contributed by atoms with Gasteiger partial charge in [-0.15, -0.1) is 0 Å². The van der Waals surface area contributed by atoms with Gasteiger partial charge in [0.1, 0.15) is 33.5 Å². The van der Waals surface area contributed by atoms with Gasteiger partial charge in [-0.25, -0.2) is 32.2 Å². The van der Waals surface area contributed by atoms with E-state index in [1.54, 1.807) is 20.1 Å². The van der Waals surface area contributed by atoms with Crippen molar-refractivity contribution in [3.63, 3.8) is 0 Å². The van der Waals surface area contributed by atoms with Crippen molar-refractivity contribution < 1.29 is 31.4 Å². The zero-order valence-electron chi connectivity index (χ0n) is 22.6. The number of methoxy groups -OCH3 is 2. The maximum Gasteiger partial charge on any atom is 0.264 e. The fraction of sp³-hybridized carbons (Fsp3) is 0.321. The fourth-order valence-corrected chi connectivity index (χ4v) is 6.04.